The van der Waals surface area contributed by atoms with Crippen LogP contribution in [-0.4, -0.2) is 36.3 Å². The van der Waals surface area contributed by atoms with Gasteiger partial charge in [-0.15, -0.1) is 0 Å². The minimum atomic E-state index is -0.0904. The molecule has 96 valence electrons. The van der Waals surface area contributed by atoms with Gasteiger partial charge in [-0.2, -0.15) is 0 Å². The molecule has 1 aromatic rings. The van der Waals surface area contributed by atoms with Crippen molar-refractivity contribution in [3.8, 4) is 0 Å². The average molecular weight is 267 g/mol. The molecule has 0 aromatic heterocycles. The lowest BCUT2D eigenvalue weighted by molar-refractivity contribution is -0.138. The molecule has 1 aliphatic rings. The molecular weight excluding hydrogens is 252 g/mol. The highest BCUT2D eigenvalue weighted by Gasteiger charge is 2.20. The van der Waals surface area contributed by atoms with E-state index in [1.54, 1.807) is 4.90 Å². The minimum Gasteiger partial charge on any atom is -0.353 e. The summed E-state index contributed by atoms with van der Waals surface area (Å²) in [5.74, 6) is -0.0860. The van der Waals surface area contributed by atoms with Crippen LogP contribution in [0.25, 0.3) is 0 Å². The third kappa shape index (κ3) is 3.23. The molecule has 1 aromatic carbocycles. The number of carbonyl (C=O) groups is 2. The monoisotopic (exact) mass is 266 g/mol. The fraction of sp³-hybridized carbons (Fsp3) is 0.385. The lowest BCUT2D eigenvalue weighted by Crippen LogP contribution is -2.50. The van der Waals surface area contributed by atoms with Crippen molar-refractivity contribution in [2.45, 2.75) is 12.8 Å². The van der Waals surface area contributed by atoms with Crippen molar-refractivity contribution in [3.63, 3.8) is 0 Å². The van der Waals surface area contributed by atoms with E-state index in [0.717, 1.165) is 5.56 Å². The minimum absolute atomic E-state index is 0.00442. The van der Waals surface area contributed by atoms with Gasteiger partial charge < -0.3 is 10.2 Å². The summed E-state index contributed by atoms with van der Waals surface area (Å²) in [5.41, 5.74) is 0.967. The molecule has 1 saturated heterocycles. The predicted molar refractivity (Wildman–Crippen MR) is 69.4 cm³/mol. The van der Waals surface area contributed by atoms with E-state index in [4.69, 9.17) is 11.6 Å². The maximum atomic E-state index is 11.9. The van der Waals surface area contributed by atoms with Crippen molar-refractivity contribution in [2.24, 2.45) is 0 Å². The van der Waals surface area contributed by atoms with Crippen LogP contribution < -0.4 is 5.32 Å². The zero-order valence-electron chi connectivity index (χ0n) is 9.99. The summed E-state index contributed by atoms with van der Waals surface area (Å²) in [6.45, 7) is 1.30. The van der Waals surface area contributed by atoms with Crippen LogP contribution in [0.1, 0.15) is 12.0 Å². The normalized spacial score (nSPS) is 15.4. The molecule has 18 heavy (non-hydrogen) atoms. The van der Waals surface area contributed by atoms with Gasteiger partial charge in [-0.05, 0) is 18.1 Å². The van der Waals surface area contributed by atoms with Crippen LogP contribution in [0.15, 0.2) is 24.3 Å². The molecule has 0 atom stereocenters. The number of hydrogen-bond acceptors (Lipinski definition) is 2. The number of benzene rings is 1. The quantitative estimate of drug-likeness (QED) is 0.895. The first kappa shape index (κ1) is 12.9. The molecule has 1 heterocycles. The first-order valence-electron chi connectivity index (χ1n) is 5.94. The van der Waals surface area contributed by atoms with Gasteiger partial charge in [0.25, 0.3) is 0 Å². The van der Waals surface area contributed by atoms with Gasteiger partial charge >= 0.3 is 0 Å². The Morgan fingerprint density at radius 3 is 2.89 bits per heavy atom. The first-order chi connectivity index (χ1) is 8.66. The number of piperazine rings is 1. The van der Waals surface area contributed by atoms with Gasteiger partial charge in [0.2, 0.25) is 11.8 Å². The van der Waals surface area contributed by atoms with Crippen LogP contribution in [0.4, 0.5) is 0 Å². The Labute approximate surface area is 111 Å². The average Bonchev–Trinajstić information content (AvgIpc) is 2.37. The number of hydrogen-bond donors (Lipinski definition) is 1. The fourth-order valence-electron chi connectivity index (χ4n) is 1.95. The molecule has 0 aliphatic carbocycles. The Morgan fingerprint density at radius 1 is 1.39 bits per heavy atom. The van der Waals surface area contributed by atoms with E-state index in [-0.39, 0.29) is 18.4 Å². The van der Waals surface area contributed by atoms with E-state index < -0.39 is 0 Å². The lowest BCUT2D eigenvalue weighted by atomic mass is 10.1. The number of amides is 2. The van der Waals surface area contributed by atoms with Crippen LogP contribution >= 0.6 is 11.6 Å². The molecule has 0 bridgehead atoms. The van der Waals surface area contributed by atoms with Gasteiger partial charge in [0.05, 0.1) is 6.54 Å². The van der Waals surface area contributed by atoms with Crippen LogP contribution in [0.2, 0.25) is 5.02 Å². The summed E-state index contributed by atoms with van der Waals surface area (Å²) in [4.78, 5) is 24.7. The molecule has 2 amide bonds. The Balaban J connectivity index is 1.88. The van der Waals surface area contributed by atoms with Crippen molar-refractivity contribution in [3.05, 3.63) is 34.9 Å². The molecule has 0 radical (unpaired) electrons. The summed E-state index contributed by atoms with van der Waals surface area (Å²) in [7, 11) is 0. The summed E-state index contributed by atoms with van der Waals surface area (Å²) in [6.07, 6.45) is 0.994. The van der Waals surface area contributed by atoms with Crippen LogP contribution in [0.3, 0.4) is 0 Å². The largest absolute Gasteiger partial charge is 0.353 e. The van der Waals surface area contributed by atoms with E-state index in [2.05, 4.69) is 5.32 Å². The smallest absolute Gasteiger partial charge is 0.239 e. The van der Waals surface area contributed by atoms with Gasteiger partial charge in [0, 0.05) is 24.5 Å². The number of carbonyl (C=O) groups excluding carboxylic acids is 2. The summed E-state index contributed by atoms with van der Waals surface area (Å²) in [6, 6.07) is 7.50. The highest BCUT2D eigenvalue weighted by molar-refractivity contribution is 6.31. The molecular formula is C13H15ClN2O2. The van der Waals surface area contributed by atoms with E-state index >= 15 is 0 Å². The molecule has 5 heteroatoms. The van der Waals surface area contributed by atoms with E-state index in [9.17, 15) is 9.59 Å². The maximum absolute atomic E-state index is 11.9. The van der Waals surface area contributed by atoms with Crippen molar-refractivity contribution in [1.82, 2.24) is 10.2 Å². The van der Waals surface area contributed by atoms with Gasteiger partial charge in [-0.3, -0.25) is 9.59 Å². The van der Waals surface area contributed by atoms with E-state index in [1.165, 1.54) is 0 Å². The topological polar surface area (TPSA) is 49.4 Å². The number of nitrogens with one attached hydrogen (secondary N) is 1. The van der Waals surface area contributed by atoms with Crippen LogP contribution in [-0.2, 0) is 16.0 Å². The Hall–Kier alpha value is -1.55. The number of nitrogens with zero attached hydrogens (tertiary/aromatic N) is 1. The highest BCUT2D eigenvalue weighted by atomic mass is 35.5. The molecule has 2 rings (SSSR count). The highest BCUT2D eigenvalue weighted by Crippen LogP contribution is 2.17. The number of rotatable bonds is 3. The van der Waals surface area contributed by atoms with Crippen molar-refractivity contribution in [2.75, 3.05) is 19.6 Å². The van der Waals surface area contributed by atoms with Gasteiger partial charge in [0.15, 0.2) is 0 Å². The maximum Gasteiger partial charge on any atom is 0.239 e. The van der Waals surface area contributed by atoms with Crippen LogP contribution in [0, 0.1) is 0 Å². The summed E-state index contributed by atoms with van der Waals surface area (Å²) < 4.78 is 0. The number of halogens is 1. The van der Waals surface area contributed by atoms with E-state index in [1.807, 2.05) is 24.3 Å². The van der Waals surface area contributed by atoms with Gasteiger partial charge in [-0.25, -0.2) is 0 Å². The standard InChI is InChI=1S/C13H15ClN2O2/c14-11-4-2-1-3-10(11)5-6-13(18)16-8-7-15-12(17)9-16/h1-4H,5-9H2,(H,15,17). The third-order valence-electron chi connectivity index (χ3n) is 2.96. The summed E-state index contributed by atoms with van der Waals surface area (Å²) in [5, 5.41) is 3.38. The second-order valence-electron chi connectivity index (χ2n) is 4.26. The molecule has 0 unspecified atom stereocenters. The summed E-state index contributed by atoms with van der Waals surface area (Å²) >= 11 is 6.03. The number of aryl methyl sites for hydroxylation is 1. The molecule has 1 fully saturated rings. The van der Waals surface area contributed by atoms with Crippen molar-refractivity contribution in [1.29, 1.82) is 0 Å². The van der Waals surface area contributed by atoms with Crippen LogP contribution in [0.5, 0.6) is 0 Å². The molecule has 0 saturated carbocycles. The molecule has 1 N–H and O–H groups in total. The second kappa shape index (κ2) is 5.87. The van der Waals surface area contributed by atoms with Crippen molar-refractivity contribution >= 4 is 23.4 Å². The Bertz CT molecular complexity index is 462. The molecule has 0 spiro atoms. The van der Waals surface area contributed by atoms with Gasteiger partial charge in [-0.1, -0.05) is 29.8 Å². The zero-order valence-corrected chi connectivity index (χ0v) is 10.7. The second-order valence-corrected chi connectivity index (χ2v) is 4.66. The zero-order chi connectivity index (χ0) is 13.0. The predicted octanol–water partition coefficient (Wildman–Crippen LogP) is 1.23. The molecule has 4 nitrogen and oxygen atoms in total. The Kier molecular flexibility index (Phi) is 4.20. The third-order valence-corrected chi connectivity index (χ3v) is 3.33. The SMILES string of the molecule is O=C1CN(C(=O)CCc2ccccc2Cl)CCN1. The lowest BCUT2D eigenvalue weighted by Gasteiger charge is -2.26. The first-order valence-corrected chi connectivity index (χ1v) is 6.32. The fourth-order valence-corrected chi connectivity index (χ4v) is 2.18. The van der Waals surface area contributed by atoms with Crippen molar-refractivity contribution < 1.29 is 9.59 Å². The molecule has 1 aliphatic heterocycles. The van der Waals surface area contributed by atoms with E-state index in [0.29, 0.717) is 31.0 Å². The van der Waals surface area contributed by atoms with Gasteiger partial charge in [0.1, 0.15) is 0 Å². The Morgan fingerprint density at radius 2 is 2.17 bits per heavy atom.